The number of aromatic nitrogens is 2. The second-order valence-electron chi connectivity index (χ2n) is 8.09. The van der Waals surface area contributed by atoms with Crippen molar-refractivity contribution in [3.8, 4) is 11.3 Å². The average Bonchev–Trinajstić information content (AvgIpc) is 3.00. The highest BCUT2D eigenvalue weighted by Gasteiger charge is 2.37. The Balaban J connectivity index is 1.62. The Morgan fingerprint density at radius 1 is 1.03 bits per heavy atom. The van der Waals surface area contributed by atoms with E-state index in [2.05, 4.69) is 20.3 Å². The van der Waals surface area contributed by atoms with Crippen LogP contribution in [0.3, 0.4) is 0 Å². The third kappa shape index (κ3) is 4.75. The molecule has 0 saturated carbocycles. The molecule has 0 aliphatic carbocycles. The van der Waals surface area contributed by atoms with Crippen LogP contribution >= 0.6 is 11.6 Å². The third-order valence-corrected chi connectivity index (χ3v) is 5.94. The molecule has 0 atom stereocenters. The van der Waals surface area contributed by atoms with Crippen LogP contribution < -0.4 is 5.32 Å². The van der Waals surface area contributed by atoms with Gasteiger partial charge in [-0.2, -0.15) is 13.2 Å². The molecule has 0 bridgehead atoms. The molecule has 11 heteroatoms. The zero-order valence-corrected chi connectivity index (χ0v) is 19.4. The number of nitrogens with zero attached hydrogens (tertiary/aromatic N) is 3. The summed E-state index contributed by atoms with van der Waals surface area (Å²) in [6.45, 7) is -0.101. The molecule has 0 amide bonds. The minimum atomic E-state index is -4.81. The van der Waals surface area contributed by atoms with Crippen molar-refractivity contribution in [3.63, 3.8) is 0 Å². The normalized spacial score (nSPS) is 12.7. The molecule has 4 aromatic rings. The summed E-state index contributed by atoms with van der Waals surface area (Å²) in [4.78, 5) is 24.2. The Hall–Kier alpha value is -4.31. The molecule has 1 aliphatic rings. The van der Waals surface area contributed by atoms with E-state index in [1.54, 1.807) is 24.3 Å². The van der Waals surface area contributed by atoms with Gasteiger partial charge < -0.3 is 10.4 Å². The maximum atomic E-state index is 14.9. The summed E-state index contributed by atoms with van der Waals surface area (Å²) in [5, 5.41) is 12.3. The van der Waals surface area contributed by atoms with E-state index in [9.17, 15) is 22.4 Å². The van der Waals surface area contributed by atoms with Crippen LogP contribution in [0.1, 0.15) is 32.6 Å². The number of hydrogen-bond donors (Lipinski definition) is 2. The van der Waals surface area contributed by atoms with Gasteiger partial charge in [-0.1, -0.05) is 23.7 Å². The molecule has 0 unspecified atom stereocenters. The van der Waals surface area contributed by atoms with E-state index in [1.807, 2.05) is 0 Å². The van der Waals surface area contributed by atoms with E-state index >= 15 is 0 Å². The molecule has 5 rings (SSSR count). The summed E-state index contributed by atoms with van der Waals surface area (Å²) in [6, 6.07) is 13.2. The predicted octanol–water partition coefficient (Wildman–Crippen LogP) is 6.75. The fraction of sp³-hybridized carbons (Fsp3) is 0.0769. The summed E-state index contributed by atoms with van der Waals surface area (Å²) in [7, 11) is 0. The number of carbonyl (C=O) groups is 1. The molecule has 2 N–H and O–H groups in total. The molecule has 0 saturated heterocycles. The van der Waals surface area contributed by atoms with Crippen molar-refractivity contribution >= 4 is 34.9 Å². The number of hydrogen-bond acceptors (Lipinski definition) is 5. The lowest BCUT2D eigenvalue weighted by molar-refractivity contribution is -0.137. The molecule has 2 heterocycles. The SMILES string of the molecule is O=C(O)c1ccc(Nc2ncc3c(n2)-c2ccc(Cl)cc2C(c2c(F)cccc2C(F)(F)F)=NC3)cc1. The van der Waals surface area contributed by atoms with Gasteiger partial charge in [0.25, 0.3) is 0 Å². The van der Waals surface area contributed by atoms with E-state index in [1.165, 1.54) is 24.4 Å². The van der Waals surface area contributed by atoms with Crippen molar-refractivity contribution < 1.29 is 27.5 Å². The minimum Gasteiger partial charge on any atom is -0.478 e. The second-order valence-corrected chi connectivity index (χ2v) is 8.53. The van der Waals surface area contributed by atoms with E-state index < -0.39 is 29.1 Å². The van der Waals surface area contributed by atoms with Gasteiger partial charge in [0.05, 0.1) is 29.1 Å². The first kappa shape index (κ1) is 24.4. The standard InChI is InChI=1S/C26H15ClF4N4O2/c27-15-6-9-17-18(10-15)23(21-19(26(29,30)31)2-1-3-20(21)28)32-11-14-12-33-25(35-22(14)17)34-16-7-4-13(5-8-16)24(36)37/h1-10,12H,11H2,(H,36,37)(H,33,34,35). The number of carboxylic acids is 1. The van der Waals surface area contributed by atoms with Gasteiger partial charge in [0.1, 0.15) is 5.82 Å². The number of halogens is 5. The van der Waals surface area contributed by atoms with Gasteiger partial charge in [0, 0.05) is 39.2 Å². The van der Waals surface area contributed by atoms with Gasteiger partial charge in [0.15, 0.2) is 0 Å². The first-order valence-electron chi connectivity index (χ1n) is 10.8. The van der Waals surface area contributed by atoms with Crippen LogP contribution in [0, 0.1) is 5.82 Å². The highest BCUT2D eigenvalue weighted by molar-refractivity contribution is 6.31. The lowest BCUT2D eigenvalue weighted by Crippen LogP contribution is -2.17. The van der Waals surface area contributed by atoms with Crippen molar-refractivity contribution in [2.75, 3.05) is 5.32 Å². The van der Waals surface area contributed by atoms with Crippen molar-refractivity contribution in [1.29, 1.82) is 0 Å². The van der Waals surface area contributed by atoms with Crippen molar-refractivity contribution in [2.24, 2.45) is 4.99 Å². The number of alkyl halides is 3. The number of benzene rings is 3. The van der Waals surface area contributed by atoms with E-state index in [0.717, 1.165) is 18.2 Å². The maximum absolute atomic E-state index is 14.9. The molecule has 0 spiro atoms. The van der Waals surface area contributed by atoms with Crippen LogP contribution in [-0.4, -0.2) is 26.8 Å². The number of fused-ring (bicyclic) bond motifs is 3. The Morgan fingerprint density at radius 3 is 2.49 bits per heavy atom. The molecular formula is C26H15ClF4N4O2. The fourth-order valence-electron chi connectivity index (χ4n) is 4.02. The Labute approximate surface area is 212 Å². The molecule has 1 aromatic heterocycles. The van der Waals surface area contributed by atoms with Gasteiger partial charge in [-0.25, -0.2) is 19.2 Å². The number of anilines is 2. The summed E-state index contributed by atoms with van der Waals surface area (Å²) >= 11 is 6.20. The van der Waals surface area contributed by atoms with Crippen LogP contribution in [0.5, 0.6) is 0 Å². The molecule has 186 valence electrons. The van der Waals surface area contributed by atoms with Crippen LogP contribution in [0.15, 0.2) is 71.9 Å². The molecule has 0 fully saturated rings. The molecule has 6 nitrogen and oxygen atoms in total. The van der Waals surface area contributed by atoms with Crippen LogP contribution in [0.25, 0.3) is 11.3 Å². The van der Waals surface area contributed by atoms with Crippen molar-refractivity contribution in [3.05, 3.63) is 106 Å². The highest BCUT2D eigenvalue weighted by atomic mass is 35.5. The summed E-state index contributed by atoms with van der Waals surface area (Å²) < 4.78 is 56.4. The number of carboxylic acid groups (broad SMARTS) is 1. The van der Waals surface area contributed by atoms with E-state index in [-0.39, 0.29) is 34.4 Å². The largest absolute Gasteiger partial charge is 0.478 e. The minimum absolute atomic E-state index is 0.101. The summed E-state index contributed by atoms with van der Waals surface area (Å²) in [5.41, 5.74) is 0.0988. The first-order chi connectivity index (χ1) is 17.6. The quantitative estimate of drug-likeness (QED) is 0.287. The summed E-state index contributed by atoms with van der Waals surface area (Å²) in [6.07, 6.45) is -3.34. The smallest absolute Gasteiger partial charge is 0.417 e. The van der Waals surface area contributed by atoms with Crippen molar-refractivity contribution in [1.82, 2.24) is 9.97 Å². The Morgan fingerprint density at radius 2 is 1.78 bits per heavy atom. The van der Waals surface area contributed by atoms with Crippen LogP contribution in [-0.2, 0) is 12.7 Å². The number of aromatic carboxylic acids is 1. The monoisotopic (exact) mass is 526 g/mol. The predicted molar refractivity (Wildman–Crippen MR) is 130 cm³/mol. The Bertz CT molecular complexity index is 1570. The van der Waals surface area contributed by atoms with Gasteiger partial charge in [0.2, 0.25) is 5.95 Å². The number of nitrogens with one attached hydrogen (secondary N) is 1. The fourth-order valence-corrected chi connectivity index (χ4v) is 4.20. The van der Waals surface area contributed by atoms with Crippen LogP contribution in [0.2, 0.25) is 5.02 Å². The Kier molecular flexibility index (Phi) is 6.12. The average molecular weight is 527 g/mol. The van der Waals surface area contributed by atoms with E-state index in [0.29, 0.717) is 22.5 Å². The van der Waals surface area contributed by atoms with Gasteiger partial charge in [-0.05, 0) is 48.5 Å². The molecule has 3 aromatic carbocycles. The van der Waals surface area contributed by atoms with Gasteiger partial charge >= 0.3 is 12.1 Å². The second kappa shape index (κ2) is 9.29. The topological polar surface area (TPSA) is 87.5 Å². The third-order valence-electron chi connectivity index (χ3n) is 5.71. The molecular weight excluding hydrogens is 512 g/mol. The van der Waals surface area contributed by atoms with Gasteiger partial charge in [-0.15, -0.1) is 0 Å². The molecule has 0 radical (unpaired) electrons. The van der Waals surface area contributed by atoms with E-state index in [4.69, 9.17) is 16.7 Å². The zero-order valence-electron chi connectivity index (χ0n) is 18.6. The lowest BCUT2D eigenvalue weighted by Gasteiger charge is -2.17. The zero-order chi connectivity index (χ0) is 26.3. The van der Waals surface area contributed by atoms with Crippen LogP contribution in [0.4, 0.5) is 29.2 Å². The molecule has 1 aliphatic heterocycles. The highest BCUT2D eigenvalue weighted by Crippen LogP contribution is 2.38. The first-order valence-corrected chi connectivity index (χ1v) is 11.2. The summed E-state index contributed by atoms with van der Waals surface area (Å²) in [5.74, 6) is -1.97. The maximum Gasteiger partial charge on any atom is 0.417 e. The number of aliphatic imine (C=N–C) groups is 1. The van der Waals surface area contributed by atoms with Gasteiger partial charge in [-0.3, -0.25) is 4.99 Å². The molecule has 37 heavy (non-hydrogen) atoms. The number of rotatable bonds is 4. The lowest BCUT2D eigenvalue weighted by atomic mass is 9.92. The van der Waals surface area contributed by atoms with Crippen molar-refractivity contribution in [2.45, 2.75) is 12.7 Å².